The summed E-state index contributed by atoms with van der Waals surface area (Å²) < 4.78 is 21.8. The van der Waals surface area contributed by atoms with Crippen LogP contribution in [0.2, 0.25) is 0 Å². The minimum atomic E-state index is -2.65. The molecule has 12 heavy (non-hydrogen) atoms. The second kappa shape index (κ2) is 2.97. The van der Waals surface area contributed by atoms with Gasteiger partial charge in [0, 0.05) is 32.2 Å². The van der Waals surface area contributed by atoms with E-state index < -0.39 is 9.84 Å². The highest BCUT2D eigenvalue weighted by Gasteiger charge is 2.37. The number of hydrogen-bond donors (Lipinski definition) is 0. The van der Waals surface area contributed by atoms with E-state index in [0.29, 0.717) is 17.5 Å². The van der Waals surface area contributed by atoms with Gasteiger partial charge >= 0.3 is 0 Å². The number of sulfone groups is 1. The second-order valence-electron chi connectivity index (χ2n) is 3.44. The van der Waals surface area contributed by atoms with Crippen LogP contribution in [0.4, 0.5) is 0 Å². The molecule has 2 aliphatic heterocycles. The predicted octanol–water partition coefficient (Wildman–Crippen LogP) is -1.30. The van der Waals surface area contributed by atoms with E-state index >= 15 is 0 Å². The van der Waals surface area contributed by atoms with Gasteiger partial charge in [0.05, 0.1) is 11.5 Å². The molecule has 0 aromatic rings. The minimum Gasteiger partial charge on any atom is -0.296 e. The lowest BCUT2D eigenvalue weighted by atomic mass is 10.2. The smallest absolute Gasteiger partial charge is 0.153 e. The number of piperazine rings is 1. The van der Waals surface area contributed by atoms with Gasteiger partial charge in [0.25, 0.3) is 0 Å². The van der Waals surface area contributed by atoms with Gasteiger partial charge in [-0.3, -0.25) is 4.90 Å². The summed E-state index contributed by atoms with van der Waals surface area (Å²) in [7, 11) is -2.65. The molecule has 0 aliphatic carbocycles. The SMILES string of the molecule is O=S1(=O)CC(N2CC[N]CC2)C1. The van der Waals surface area contributed by atoms with Crippen molar-refractivity contribution in [1.29, 1.82) is 0 Å². The molecule has 0 saturated carbocycles. The van der Waals surface area contributed by atoms with Gasteiger partial charge in [-0.2, -0.15) is 0 Å². The Kier molecular flexibility index (Phi) is 2.10. The van der Waals surface area contributed by atoms with Crippen LogP contribution in [-0.4, -0.2) is 57.0 Å². The Balaban J connectivity index is 1.87. The van der Waals surface area contributed by atoms with E-state index in [-0.39, 0.29) is 0 Å². The van der Waals surface area contributed by atoms with Crippen LogP contribution in [0.5, 0.6) is 0 Å². The van der Waals surface area contributed by atoms with Crippen LogP contribution in [0.1, 0.15) is 0 Å². The monoisotopic (exact) mass is 189 g/mol. The van der Waals surface area contributed by atoms with Crippen molar-refractivity contribution in [3.63, 3.8) is 0 Å². The van der Waals surface area contributed by atoms with Crippen molar-refractivity contribution in [2.75, 3.05) is 37.7 Å². The quantitative estimate of drug-likeness (QED) is 0.515. The van der Waals surface area contributed by atoms with Crippen molar-refractivity contribution in [2.45, 2.75) is 6.04 Å². The average Bonchev–Trinajstić information content (AvgIpc) is 2.02. The zero-order valence-corrected chi connectivity index (χ0v) is 7.76. The van der Waals surface area contributed by atoms with Crippen molar-refractivity contribution in [2.24, 2.45) is 0 Å². The molecular weight excluding hydrogens is 176 g/mol. The normalized spacial score (nSPS) is 31.3. The second-order valence-corrected chi connectivity index (χ2v) is 5.59. The first-order valence-electron chi connectivity index (χ1n) is 4.25. The first-order valence-corrected chi connectivity index (χ1v) is 6.07. The molecule has 0 bridgehead atoms. The number of nitrogens with zero attached hydrogens (tertiary/aromatic N) is 2. The predicted molar refractivity (Wildman–Crippen MR) is 45.9 cm³/mol. The summed E-state index contributed by atoms with van der Waals surface area (Å²) >= 11 is 0. The van der Waals surface area contributed by atoms with Crippen LogP contribution in [-0.2, 0) is 9.84 Å². The van der Waals surface area contributed by atoms with Crippen LogP contribution >= 0.6 is 0 Å². The lowest BCUT2D eigenvalue weighted by Gasteiger charge is -2.38. The van der Waals surface area contributed by atoms with Gasteiger partial charge in [0.2, 0.25) is 0 Å². The molecule has 2 fully saturated rings. The van der Waals surface area contributed by atoms with E-state index in [9.17, 15) is 8.42 Å². The van der Waals surface area contributed by atoms with Crippen molar-refractivity contribution >= 4 is 9.84 Å². The van der Waals surface area contributed by atoms with Gasteiger partial charge < -0.3 is 0 Å². The van der Waals surface area contributed by atoms with Crippen molar-refractivity contribution in [3.05, 3.63) is 0 Å². The first-order chi connectivity index (χ1) is 5.67. The zero-order chi connectivity index (χ0) is 8.60. The fourth-order valence-corrected chi connectivity index (χ4v) is 3.23. The molecule has 0 amide bonds. The molecule has 0 N–H and O–H groups in total. The van der Waals surface area contributed by atoms with E-state index in [2.05, 4.69) is 10.2 Å². The summed E-state index contributed by atoms with van der Waals surface area (Å²) in [5.74, 6) is 0.736. The van der Waals surface area contributed by atoms with Crippen LogP contribution in [0, 0.1) is 0 Å². The third kappa shape index (κ3) is 1.62. The maximum Gasteiger partial charge on any atom is 0.153 e. The molecule has 0 spiro atoms. The standard InChI is InChI=1S/C7H13N2O2S/c10-12(11)5-7(6-12)9-3-1-8-2-4-9/h7H,1-6H2. The lowest BCUT2D eigenvalue weighted by Crippen LogP contribution is -2.57. The summed E-state index contributed by atoms with van der Waals surface area (Å²) in [6.07, 6.45) is 0. The molecule has 2 aliphatic rings. The molecule has 2 heterocycles. The van der Waals surface area contributed by atoms with E-state index in [1.807, 2.05) is 0 Å². The highest BCUT2D eigenvalue weighted by atomic mass is 32.2. The van der Waals surface area contributed by atoms with Gasteiger partial charge in [-0.05, 0) is 0 Å². The highest BCUT2D eigenvalue weighted by molar-refractivity contribution is 7.92. The Morgan fingerprint density at radius 1 is 1.17 bits per heavy atom. The van der Waals surface area contributed by atoms with Crippen molar-refractivity contribution in [3.8, 4) is 0 Å². The van der Waals surface area contributed by atoms with Gasteiger partial charge in [-0.1, -0.05) is 0 Å². The molecule has 0 atom stereocenters. The van der Waals surface area contributed by atoms with Crippen LogP contribution in [0.3, 0.4) is 0 Å². The van der Waals surface area contributed by atoms with Gasteiger partial charge in [-0.25, -0.2) is 13.7 Å². The van der Waals surface area contributed by atoms with E-state index in [4.69, 9.17) is 0 Å². The van der Waals surface area contributed by atoms with Gasteiger partial charge in [0.15, 0.2) is 9.84 Å². The molecule has 1 radical (unpaired) electrons. The molecule has 0 aromatic carbocycles. The van der Waals surface area contributed by atoms with Crippen molar-refractivity contribution < 1.29 is 8.42 Å². The molecule has 4 nitrogen and oxygen atoms in total. The van der Waals surface area contributed by atoms with E-state index in [1.165, 1.54) is 0 Å². The molecule has 2 saturated heterocycles. The number of rotatable bonds is 1. The fraction of sp³-hybridized carbons (Fsp3) is 1.00. The summed E-state index contributed by atoms with van der Waals surface area (Å²) in [5, 5.41) is 4.21. The van der Waals surface area contributed by atoms with Crippen LogP contribution < -0.4 is 5.32 Å². The molecule has 2 rings (SSSR count). The highest BCUT2D eigenvalue weighted by Crippen LogP contribution is 2.17. The Morgan fingerprint density at radius 3 is 2.25 bits per heavy atom. The van der Waals surface area contributed by atoms with Crippen LogP contribution in [0.25, 0.3) is 0 Å². The maximum absolute atomic E-state index is 10.9. The summed E-state index contributed by atoms with van der Waals surface area (Å²) in [6.45, 7) is 3.63. The summed E-state index contributed by atoms with van der Waals surface area (Å²) in [5.41, 5.74) is 0. The van der Waals surface area contributed by atoms with Gasteiger partial charge in [-0.15, -0.1) is 0 Å². The average molecular weight is 189 g/mol. The van der Waals surface area contributed by atoms with Gasteiger partial charge in [0.1, 0.15) is 0 Å². The topological polar surface area (TPSA) is 51.5 Å². The minimum absolute atomic E-state index is 0.297. The first kappa shape index (κ1) is 8.47. The fourth-order valence-electron chi connectivity index (χ4n) is 1.74. The summed E-state index contributed by atoms with van der Waals surface area (Å²) in [6, 6.07) is 0.297. The Morgan fingerprint density at radius 2 is 1.75 bits per heavy atom. The third-order valence-corrected chi connectivity index (χ3v) is 4.28. The molecule has 5 heteroatoms. The lowest BCUT2D eigenvalue weighted by molar-refractivity contribution is 0.187. The molecular formula is C7H13N2O2S. The third-order valence-electron chi connectivity index (χ3n) is 2.50. The molecule has 0 unspecified atom stereocenters. The van der Waals surface area contributed by atoms with E-state index in [0.717, 1.165) is 26.2 Å². The Hall–Kier alpha value is -0.130. The zero-order valence-electron chi connectivity index (χ0n) is 6.94. The van der Waals surface area contributed by atoms with E-state index in [1.54, 1.807) is 0 Å². The molecule has 0 aromatic heterocycles. The largest absolute Gasteiger partial charge is 0.296 e. The van der Waals surface area contributed by atoms with Crippen LogP contribution in [0.15, 0.2) is 0 Å². The summed E-state index contributed by atoms with van der Waals surface area (Å²) in [4.78, 5) is 2.24. The van der Waals surface area contributed by atoms with Crippen molar-refractivity contribution in [1.82, 2.24) is 10.2 Å². The molecule has 69 valence electrons. The maximum atomic E-state index is 10.9. The Labute approximate surface area is 72.9 Å². The Bertz CT molecular complexity index is 245. The number of hydrogen-bond acceptors (Lipinski definition) is 3.